The molecule has 0 spiro atoms. The van der Waals surface area contributed by atoms with Crippen LogP contribution in [0.4, 0.5) is 0 Å². The van der Waals surface area contributed by atoms with Gasteiger partial charge in [0.1, 0.15) is 11.3 Å². The molecule has 4 rings (SSSR count). The smallest absolute Gasteiger partial charge is 0.137 e. The molecule has 0 amide bonds. The third-order valence-corrected chi connectivity index (χ3v) is 3.28. The molecule has 2 heterocycles. The Morgan fingerprint density at radius 3 is 2.67 bits per heavy atom. The van der Waals surface area contributed by atoms with E-state index in [0.29, 0.717) is 0 Å². The summed E-state index contributed by atoms with van der Waals surface area (Å²) >= 11 is 0. The molecule has 0 radical (unpaired) electrons. The first-order valence-electron chi connectivity index (χ1n) is 5.97. The van der Waals surface area contributed by atoms with Crippen LogP contribution in [0.1, 0.15) is 0 Å². The number of rotatable bonds is 1. The van der Waals surface area contributed by atoms with Crippen LogP contribution in [0, 0.1) is 0 Å². The van der Waals surface area contributed by atoms with E-state index < -0.39 is 0 Å². The monoisotopic (exact) mass is 233 g/mol. The molecule has 2 aromatic heterocycles. The Bertz CT molecular complexity index is 805. The Balaban J connectivity index is 2.01. The van der Waals surface area contributed by atoms with Gasteiger partial charge in [-0.25, -0.2) is 0 Å². The molecule has 0 aliphatic rings. The van der Waals surface area contributed by atoms with E-state index in [1.165, 1.54) is 5.39 Å². The number of aromatic amines is 1. The van der Waals surface area contributed by atoms with Crippen molar-refractivity contribution in [2.24, 2.45) is 0 Å². The van der Waals surface area contributed by atoms with Crippen LogP contribution in [0.2, 0.25) is 0 Å². The predicted molar refractivity (Wildman–Crippen MR) is 73.5 cm³/mol. The Morgan fingerprint density at radius 1 is 0.889 bits per heavy atom. The van der Waals surface area contributed by atoms with Crippen molar-refractivity contribution in [3.05, 3.63) is 60.8 Å². The molecule has 0 fully saturated rings. The van der Waals surface area contributed by atoms with Gasteiger partial charge in [0.25, 0.3) is 0 Å². The van der Waals surface area contributed by atoms with Crippen molar-refractivity contribution in [1.82, 2.24) is 4.98 Å². The highest BCUT2D eigenvalue weighted by Crippen LogP contribution is 2.32. The minimum atomic E-state index is 0.911. The molecule has 2 heteroatoms. The lowest BCUT2D eigenvalue weighted by Crippen LogP contribution is -1.69. The van der Waals surface area contributed by atoms with Crippen LogP contribution in [-0.2, 0) is 0 Å². The van der Waals surface area contributed by atoms with Crippen molar-refractivity contribution in [2.75, 3.05) is 0 Å². The second kappa shape index (κ2) is 3.50. The minimum Gasteiger partial charge on any atom is -0.456 e. The van der Waals surface area contributed by atoms with Gasteiger partial charge in [-0.3, -0.25) is 0 Å². The standard InChI is InChI=1S/C16H11NO/c1-4-8-15-11(5-1)9-16(18-15)13-10-17-14-7-3-2-6-12(13)14/h1-10,17H. The van der Waals surface area contributed by atoms with Crippen molar-refractivity contribution >= 4 is 21.9 Å². The van der Waals surface area contributed by atoms with Crippen molar-refractivity contribution in [1.29, 1.82) is 0 Å². The number of hydrogen-bond acceptors (Lipinski definition) is 1. The average molecular weight is 233 g/mol. The number of furan rings is 1. The van der Waals surface area contributed by atoms with Crippen LogP contribution in [0.15, 0.2) is 65.2 Å². The lowest BCUT2D eigenvalue weighted by atomic mass is 10.1. The lowest BCUT2D eigenvalue weighted by molar-refractivity contribution is 0.632. The minimum absolute atomic E-state index is 0.911. The number of aromatic nitrogens is 1. The maximum Gasteiger partial charge on any atom is 0.137 e. The Hall–Kier alpha value is -2.48. The highest BCUT2D eigenvalue weighted by Gasteiger charge is 2.10. The molecular formula is C16H11NO. The topological polar surface area (TPSA) is 28.9 Å². The molecule has 0 unspecified atom stereocenters. The van der Waals surface area contributed by atoms with Crippen molar-refractivity contribution < 1.29 is 4.42 Å². The molecule has 0 aliphatic heterocycles. The summed E-state index contributed by atoms with van der Waals surface area (Å²) in [6.45, 7) is 0. The summed E-state index contributed by atoms with van der Waals surface area (Å²) in [6.07, 6.45) is 2.00. The largest absolute Gasteiger partial charge is 0.456 e. The van der Waals surface area contributed by atoms with E-state index in [2.05, 4.69) is 29.2 Å². The number of para-hydroxylation sites is 2. The second-order valence-electron chi connectivity index (χ2n) is 4.40. The fourth-order valence-corrected chi connectivity index (χ4v) is 2.39. The van der Waals surface area contributed by atoms with Gasteiger partial charge < -0.3 is 9.40 Å². The molecule has 1 N–H and O–H groups in total. The zero-order valence-corrected chi connectivity index (χ0v) is 9.68. The van der Waals surface area contributed by atoms with Gasteiger partial charge in [0.15, 0.2) is 0 Å². The molecule has 2 nitrogen and oxygen atoms in total. The zero-order chi connectivity index (χ0) is 11.9. The van der Waals surface area contributed by atoms with Crippen molar-refractivity contribution in [3.63, 3.8) is 0 Å². The summed E-state index contributed by atoms with van der Waals surface area (Å²) in [7, 11) is 0. The van der Waals surface area contributed by atoms with Crippen LogP contribution in [0.25, 0.3) is 33.2 Å². The summed E-state index contributed by atoms with van der Waals surface area (Å²) in [5.41, 5.74) is 3.17. The van der Waals surface area contributed by atoms with Gasteiger partial charge in [-0.1, -0.05) is 36.4 Å². The number of H-pyrrole nitrogens is 1. The van der Waals surface area contributed by atoms with E-state index in [-0.39, 0.29) is 0 Å². The fraction of sp³-hybridized carbons (Fsp3) is 0. The molecule has 18 heavy (non-hydrogen) atoms. The molecule has 0 atom stereocenters. The molecular weight excluding hydrogens is 222 g/mol. The first-order chi connectivity index (χ1) is 8.92. The van der Waals surface area contributed by atoms with Crippen molar-refractivity contribution in [2.45, 2.75) is 0 Å². The third-order valence-electron chi connectivity index (χ3n) is 3.28. The number of hydrogen-bond donors (Lipinski definition) is 1. The van der Waals surface area contributed by atoms with Crippen molar-refractivity contribution in [3.8, 4) is 11.3 Å². The molecule has 0 saturated carbocycles. The fourth-order valence-electron chi connectivity index (χ4n) is 2.39. The van der Waals surface area contributed by atoms with Crippen LogP contribution in [0.5, 0.6) is 0 Å². The van der Waals surface area contributed by atoms with E-state index in [4.69, 9.17) is 4.42 Å². The normalized spacial score (nSPS) is 11.3. The quantitative estimate of drug-likeness (QED) is 0.512. The van der Waals surface area contributed by atoms with E-state index in [1.54, 1.807) is 0 Å². The maximum absolute atomic E-state index is 5.90. The van der Waals surface area contributed by atoms with Gasteiger partial charge in [-0.2, -0.15) is 0 Å². The lowest BCUT2D eigenvalue weighted by Gasteiger charge is -1.93. The van der Waals surface area contributed by atoms with Gasteiger partial charge in [0, 0.05) is 28.0 Å². The highest BCUT2D eigenvalue weighted by molar-refractivity contribution is 5.96. The molecule has 0 aliphatic carbocycles. The van der Waals surface area contributed by atoms with Gasteiger partial charge >= 0.3 is 0 Å². The second-order valence-corrected chi connectivity index (χ2v) is 4.40. The average Bonchev–Trinajstić information content (AvgIpc) is 3.02. The summed E-state index contributed by atoms with van der Waals surface area (Å²) < 4.78 is 5.90. The molecule has 0 bridgehead atoms. The van der Waals surface area contributed by atoms with E-state index in [9.17, 15) is 0 Å². The highest BCUT2D eigenvalue weighted by atomic mass is 16.3. The van der Waals surface area contributed by atoms with Crippen LogP contribution in [0.3, 0.4) is 0 Å². The number of fused-ring (bicyclic) bond motifs is 2. The van der Waals surface area contributed by atoms with E-state index in [1.807, 2.05) is 36.5 Å². The van der Waals surface area contributed by atoms with Crippen LogP contribution < -0.4 is 0 Å². The third kappa shape index (κ3) is 1.29. The first-order valence-corrected chi connectivity index (χ1v) is 5.97. The Morgan fingerprint density at radius 2 is 1.72 bits per heavy atom. The summed E-state index contributed by atoms with van der Waals surface area (Å²) in [4.78, 5) is 3.27. The zero-order valence-electron chi connectivity index (χ0n) is 9.68. The van der Waals surface area contributed by atoms with Crippen LogP contribution in [-0.4, -0.2) is 4.98 Å². The number of nitrogens with one attached hydrogen (secondary N) is 1. The predicted octanol–water partition coefficient (Wildman–Crippen LogP) is 4.58. The first kappa shape index (κ1) is 9.54. The van der Waals surface area contributed by atoms with Crippen LogP contribution >= 0.6 is 0 Å². The summed E-state index contributed by atoms with van der Waals surface area (Å²) in [5.74, 6) is 0.911. The van der Waals surface area contributed by atoms with E-state index >= 15 is 0 Å². The molecule has 0 saturated heterocycles. The molecule has 2 aromatic carbocycles. The Labute approximate surface area is 104 Å². The summed E-state index contributed by atoms with van der Waals surface area (Å²) in [6, 6.07) is 18.4. The van der Waals surface area contributed by atoms with Gasteiger partial charge in [-0.05, 0) is 18.2 Å². The summed E-state index contributed by atoms with van der Waals surface area (Å²) in [5, 5.41) is 2.33. The van der Waals surface area contributed by atoms with E-state index in [0.717, 1.165) is 27.8 Å². The van der Waals surface area contributed by atoms with Gasteiger partial charge in [0.2, 0.25) is 0 Å². The van der Waals surface area contributed by atoms with Gasteiger partial charge in [0.05, 0.1) is 0 Å². The SMILES string of the molecule is c1ccc2oc(-c3c[nH]c4ccccc34)cc2c1. The Kier molecular flexibility index (Phi) is 1.86. The molecule has 4 aromatic rings. The maximum atomic E-state index is 5.90. The molecule has 86 valence electrons. The van der Waals surface area contributed by atoms with Gasteiger partial charge in [-0.15, -0.1) is 0 Å². The number of benzene rings is 2.